The van der Waals surface area contributed by atoms with Gasteiger partial charge in [0.05, 0.1) is 0 Å². The van der Waals surface area contributed by atoms with Gasteiger partial charge in [-0.25, -0.2) is 0 Å². The SMILES string of the molecule is CC/C=C/C/C=C\C/C=C\CCCCCCCc1cc(=O)c2c(O)cc(O)cc2o1. The second-order valence-corrected chi connectivity index (χ2v) is 7.52. The second-order valence-electron chi connectivity index (χ2n) is 7.52. The summed E-state index contributed by atoms with van der Waals surface area (Å²) in [4.78, 5) is 12.2. The van der Waals surface area contributed by atoms with Gasteiger partial charge in [-0.1, -0.05) is 62.6 Å². The van der Waals surface area contributed by atoms with Crippen molar-refractivity contribution in [1.82, 2.24) is 0 Å². The molecule has 0 unspecified atom stereocenters. The van der Waals surface area contributed by atoms with Crippen LogP contribution in [0.2, 0.25) is 0 Å². The van der Waals surface area contributed by atoms with Gasteiger partial charge in [0.15, 0.2) is 5.43 Å². The van der Waals surface area contributed by atoms with Gasteiger partial charge in [0.25, 0.3) is 0 Å². The summed E-state index contributed by atoms with van der Waals surface area (Å²) >= 11 is 0. The van der Waals surface area contributed by atoms with Crippen LogP contribution in [0.1, 0.15) is 70.5 Å². The number of hydrogen-bond donors (Lipinski definition) is 2. The van der Waals surface area contributed by atoms with Crippen LogP contribution in [0.3, 0.4) is 0 Å². The summed E-state index contributed by atoms with van der Waals surface area (Å²) in [5, 5.41) is 19.5. The number of unbranched alkanes of at least 4 members (excludes halogenated alkanes) is 5. The number of aromatic hydroxyl groups is 2. The Morgan fingerprint density at radius 1 is 0.833 bits per heavy atom. The van der Waals surface area contributed by atoms with Gasteiger partial charge in [0.2, 0.25) is 0 Å². The van der Waals surface area contributed by atoms with E-state index >= 15 is 0 Å². The van der Waals surface area contributed by atoms with Crippen molar-refractivity contribution >= 4 is 11.0 Å². The molecular weight excluding hydrogens is 376 g/mol. The minimum atomic E-state index is -0.275. The average Bonchev–Trinajstić information content (AvgIpc) is 2.70. The molecule has 1 heterocycles. The lowest BCUT2D eigenvalue weighted by atomic mass is 10.1. The lowest BCUT2D eigenvalue weighted by Gasteiger charge is -2.05. The Morgan fingerprint density at radius 3 is 2.27 bits per heavy atom. The summed E-state index contributed by atoms with van der Waals surface area (Å²) in [5.74, 6) is 0.229. The van der Waals surface area contributed by atoms with E-state index < -0.39 is 0 Å². The molecule has 0 atom stereocenters. The van der Waals surface area contributed by atoms with E-state index in [1.807, 2.05) is 0 Å². The van der Waals surface area contributed by atoms with Crippen LogP contribution in [0.5, 0.6) is 11.5 Å². The smallest absolute Gasteiger partial charge is 0.196 e. The number of allylic oxidation sites excluding steroid dienone is 6. The predicted octanol–water partition coefficient (Wildman–Crippen LogP) is 6.95. The molecule has 0 fully saturated rings. The number of fused-ring (bicyclic) bond motifs is 1. The zero-order valence-corrected chi connectivity index (χ0v) is 18.0. The molecule has 0 aliphatic heterocycles. The summed E-state index contributed by atoms with van der Waals surface area (Å²) in [6, 6.07) is 3.96. The summed E-state index contributed by atoms with van der Waals surface area (Å²) in [6.07, 6.45) is 23.8. The largest absolute Gasteiger partial charge is 0.508 e. The first-order valence-electron chi connectivity index (χ1n) is 11.1. The molecule has 2 N–H and O–H groups in total. The van der Waals surface area contributed by atoms with Gasteiger partial charge in [-0.2, -0.15) is 0 Å². The van der Waals surface area contributed by atoms with Crippen LogP contribution in [0.25, 0.3) is 11.0 Å². The van der Waals surface area contributed by atoms with Gasteiger partial charge in [0, 0.05) is 24.6 Å². The molecule has 1 aromatic carbocycles. The Morgan fingerprint density at radius 2 is 1.50 bits per heavy atom. The fourth-order valence-corrected chi connectivity index (χ4v) is 3.35. The quantitative estimate of drug-likeness (QED) is 0.277. The van der Waals surface area contributed by atoms with Crippen LogP contribution in [-0.4, -0.2) is 10.2 Å². The highest BCUT2D eigenvalue weighted by atomic mass is 16.3. The molecule has 0 saturated heterocycles. The minimum absolute atomic E-state index is 0.116. The lowest BCUT2D eigenvalue weighted by Crippen LogP contribution is -2.02. The lowest BCUT2D eigenvalue weighted by molar-refractivity contribution is 0.449. The summed E-state index contributed by atoms with van der Waals surface area (Å²) in [5.41, 5.74) is -0.0446. The number of phenolic OH excluding ortho intramolecular Hbond substituents is 2. The van der Waals surface area contributed by atoms with Gasteiger partial charge < -0.3 is 14.6 Å². The molecule has 0 bridgehead atoms. The van der Waals surface area contributed by atoms with Crippen molar-refractivity contribution < 1.29 is 14.6 Å². The van der Waals surface area contributed by atoms with E-state index in [0.29, 0.717) is 12.2 Å². The molecule has 0 spiro atoms. The van der Waals surface area contributed by atoms with Crippen LogP contribution in [0.15, 0.2) is 63.9 Å². The molecule has 2 rings (SSSR count). The third-order valence-corrected chi connectivity index (χ3v) is 4.92. The highest BCUT2D eigenvalue weighted by molar-refractivity contribution is 5.84. The van der Waals surface area contributed by atoms with Crippen molar-refractivity contribution in [2.24, 2.45) is 0 Å². The molecule has 0 saturated carbocycles. The normalized spacial score (nSPS) is 12.2. The summed E-state index contributed by atoms with van der Waals surface area (Å²) in [7, 11) is 0. The van der Waals surface area contributed by atoms with E-state index in [-0.39, 0.29) is 27.9 Å². The molecule has 30 heavy (non-hydrogen) atoms. The standard InChI is InChI=1S/C26H34O4/c1-2-3-4-5-6-7-8-9-10-11-12-13-14-15-16-17-22-20-24(29)26-23(28)18-21(27)19-25(26)30-22/h3-4,6-7,9-10,18-20,27-28H,2,5,8,11-17H2,1H3/b4-3+,7-6-,10-9-. The van der Waals surface area contributed by atoms with Crippen LogP contribution in [-0.2, 0) is 6.42 Å². The van der Waals surface area contributed by atoms with Crippen molar-refractivity contribution in [3.8, 4) is 11.5 Å². The molecule has 1 aromatic heterocycles. The fourth-order valence-electron chi connectivity index (χ4n) is 3.35. The maximum atomic E-state index is 12.2. The van der Waals surface area contributed by atoms with Gasteiger partial charge in [-0.15, -0.1) is 0 Å². The van der Waals surface area contributed by atoms with Gasteiger partial charge in [-0.3, -0.25) is 4.79 Å². The molecule has 2 aromatic rings. The zero-order valence-electron chi connectivity index (χ0n) is 18.0. The molecule has 162 valence electrons. The van der Waals surface area contributed by atoms with Crippen LogP contribution < -0.4 is 5.43 Å². The Hall–Kier alpha value is -2.75. The van der Waals surface area contributed by atoms with E-state index in [1.165, 1.54) is 25.0 Å². The van der Waals surface area contributed by atoms with E-state index in [2.05, 4.69) is 43.4 Å². The summed E-state index contributed by atoms with van der Waals surface area (Å²) < 4.78 is 5.69. The van der Waals surface area contributed by atoms with Gasteiger partial charge in [0.1, 0.15) is 28.2 Å². The maximum absolute atomic E-state index is 12.2. The van der Waals surface area contributed by atoms with Crippen molar-refractivity contribution in [3.63, 3.8) is 0 Å². The number of rotatable bonds is 13. The maximum Gasteiger partial charge on any atom is 0.196 e. The van der Waals surface area contributed by atoms with Crippen LogP contribution in [0.4, 0.5) is 0 Å². The minimum Gasteiger partial charge on any atom is -0.508 e. The highest BCUT2D eigenvalue weighted by Gasteiger charge is 2.10. The molecule has 0 aliphatic carbocycles. The van der Waals surface area contributed by atoms with Crippen molar-refractivity contribution in [1.29, 1.82) is 0 Å². The van der Waals surface area contributed by atoms with Crippen molar-refractivity contribution in [3.05, 3.63) is 70.6 Å². The van der Waals surface area contributed by atoms with E-state index in [4.69, 9.17) is 4.42 Å². The molecule has 4 heteroatoms. The van der Waals surface area contributed by atoms with Crippen LogP contribution >= 0.6 is 0 Å². The number of aryl methyl sites for hydroxylation is 1. The Labute approximate surface area is 179 Å². The van der Waals surface area contributed by atoms with E-state index in [9.17, 15) is 15.0 Å². The fraction of sp³-hybridized carbons (Fsp3) is 0.423. The molecule has 4 nitrogen and oxygen atoms in total. The average molecular weight is 411 g/mol. The first-order chi connectivity index (χ1) is 14.6. The Bertz CT molecular complexity index is 919. The Kier molecular flexibility index (Phi) is 10.6. The second kappa shape index (κ2) is 13.5. The van der Waals surface area contributed by atoms with Gasteiger partial charge >= 0.3 is 0 Å². The molecule has 0 amide bonds. The topological polar surface area (TPSA) is 70.7 Å². The zero-order chi connectivity index (χ0) is 21.6. The predicted molar refractivity (Wildman–Crippen MR) is 124 cm³/mol. The molecular formula is C26H34O4. The molecule has 0 aliphatic rings. The third-order valence-electron chi connectivity index (χ3n) is 4.92. The first kappa shape index (κ1) is 23.5. The Balaban J connectivity index is 1.59. The number of benzene rings is 1. The highest BCUT2D eigenvalue weighted by Crippen LogP contribution is 2.28. The van der Waals surface area contributed by atoms with Crippen LogP contribution in [0, 0.1) is 0 Å². The van der Waals surface area contributed by atoms with Gasteiger partial charge in [-0.05, 0) is 38.5 Å². The van der Waals surface area contributed by atoms with Crippen molar-refractivity contribution in [2.45, 2.75) is 71.1 Å². The summed E-state index contributed by atoms with van der Waals surface area (Å²) in [6.45, 7) is 2.15. The first-order valence-corrected chi connectivity index (χ1v) is 11.1. The monoisotopic (exact) mass is 410 g/mol. The van der Waals surface area contributed by atoms with Crippen molar-refractivity contribution in [2.75, 3.05) is 0 Å². The molecule has 0 radical (unpaired) electrons. The van der Waals surface area contributed by atoms with E-state index in [1.54, 1.807) is 0 Å². The number of hydrogen-bond acceptors (Lipinski definition) is 4. The third kappa shape index (κ3) is 8.32. The number of phenols is 2. The van der Waals surface area contributed by atoms with E-state index in [0.717, 1.165) is 51.0 Å².